The average Bonchev–Trinajstić information content (AvgIpc) is 2.64. The second kappa shape index (κ2) is 23.7. The van der Waals surface area contributed by atoms with E-state index in [0.29, 0.717) is 6.61 Å². The molecule has 0 atom stereocenters. The van der Waals surface area contributed by atoms with Gasteiger partial charge in [0.05, 0.1) is 25.7 Å². The molecule has 0 saturated heterocycles. The van der Waals surface area contributed by atoms with E-state index in [2.05, 4.69) is 13.8 Å². The van der Waals surface area contributed by atoms with Gasteiger partial charge in [0.15, 0.2) is 0 Å². The van der Waals surface area contributed by atoms with E-state index in [1.807, 2.05) is 6.08 Å². The number of hydrogen-bond donors (Lipinski definition) is 0. The van der Waals surface area contributed by atoms with Crippen molar-refractivity contribution in [3.63, 3.8) is 0 Å². The van der Waals surface area contributed by atoms with Crippen LogP contribution in [0.5, 0.6) is 0 Å². The summed E-state index contributed by atoms with van der Waals surface area (Å²) in [5.41, 5.74) is 0. The Bertz CT molecular complexity index is 376. The third-order valence-electron chi connectivity index (χ3n) is 4.31. The van der Waals surface area contributed by atoms with Gasteiger partial charge in [-0.1, -0.05) is 78.1 Å². The van der Waals surface area contributed by atoms with Gasteiger partial charge in [-0.3, -0.25) is 9.59 Å². The minimum absolute atomic E-state index is 0. The molecule has 0 spiro atoms. The summed E-state index contributed by atoms with van der Waals surface area (Å²) < 4.78 is 10.1. The molecule has 5 heteroatoms. The SMILES string of the molecule is CCCCCCCCCCC=COC(=O)CCC(=O)OCCCCCC.[H-].[Na+]. The molecule has 4 nitrogen and oxygen atoms in total. The second-order valence-corrected chi connectivity index (χ2v) is 6.91. The van der Waals surface area contributed by atoms with Gasteiger partial charge in [0.25, 0.3) is 0 Å². The topological polar surface area (TPSA) is 52.6 Å². The number of carbonyl (C=O) groups excluding carboxylic acids is 2. The van der Waals surface area contributed by atoms with Crippen molar-refractivity contribution in [2.24, 2.45) is 0 Å². The summed E-state index contributed by atoms with van der Waals surface area (Å²) in [5.74, 6) is -0.693. The Kier molecular flexibility index (Phi) is 25.4. The molecule has 0 aliphatic carbocycles. The van der Waals surface area contributed by atoms with Gasteiger partial charge in [-0.2, -0.15) is 0 Å². The van der Waals surface area contributed by atoms with Crippen LogP contribution in [0.15, 0.2) is 12.3 Å². The van der Waals surface area contributed by atoms with E-state index in [9.17, 15) is 9.59 Å². The van der Waals surface area contributed by atoms with Crippen LogP contribution in [0.1, 0.15) is 112 Å². The standard InChI is InChI=1S/C22H40O4.Na.H/c1-3-5-7-9-10-11-12-13-14-16-20-26-22(24)18-17-21(23)25-19-15-8-6-4-2;;/h16,20H,3-15,17-19H2,1-2H3;;/q;+1;-1. The number of carbonyl (C=O) groups is 2. The second-order valence-electron chi connectivity index (χ2n) is 6.91. The van der Waals surface area contributed by atoms with Crippen molar-refractivity contribution in [3.8, 4) is 0 Å². The van der Waals surface area contributed by atoms with Crippen molar-refractivity contribution >= 4 is 11.9 Å². The third kappa shape index (κ3) is 23.6. The Morgan fingerprint density at radius 3 is 1.89 bits per heavy atom. The molecule has 0 N–H and O–H groups in total. The zero-order chi connectivity index (χ0) is 19.3. The summed E-state index contributed by atoms with van der Waals surface area (Å²) in [4.78, 5) is 23.0. The monoisotopic (exact) mass is 392 g/mol. The van der Waals surface area contributed by atoms with E-state index in [-0.39, 0.29) is 55.8 Å². The van der Waals surface area contributed by atoms with E-state index in [1.54, 1.807) is 0 Å². The first-order chi connectivity index (χ1) is 12.7. The fourth-order valence-corrected chi connectivity index (χ4v) is 2.64. The molecule has 0 aromatic rings. The molecule has 0 fully saturated rings. The van der Waals surface area contributed by atoms with Crippen LogP contribution in [0.4, 0.5) is 0 Å². The molecule has 0 amide bonds. The molecule has 0 aromatic carbocycles. The van der Waals surface area contributed by atoms with E-state index in [1.165, 1.54) is 51.2 Å². The number of rotatable bonds is 18. The molecule has 27 heavy (non-hydrogen) atoms. The molecule has 0 aliphatic heterocycles. The van der Waals surface area contributed by atoms with Crippen LogP contribution < -0.4 is 29.6 Å². The zero-order valence-corrected chi connectivity index (χ0v) is 20.1. The van der Waals surface area contributed by atoms with Crippen LogP contribution in [-0.4, -0.2) is 18.5 Å². The van der Waals surface area contributed by atoms with Crippen LogP contribution in [0.2, 0.25) is 0 Å². The van der Waals surface area contributed by atoms with Crippen molar-refractivity contribution in [3.05, 3.63) is 12.3 Å². The van der Waals surface area contributed by atoms with Gasteiger partial charge >= 0.3 is 41.5 Å². The molecule has 0 rings (SSSR count). The van der Waals surface area contributed by atoms with Crippen LogP contribution in [0, 0.1) is 0 Å². The van der Waals surface area contributed by atoms with E-state index in [0.717, 1.165) is 38.5 Å². The largest absolute Gasteiger partial charge is 1.00 e. The molecule has 0 heterocycles. The molecule has 0 radical (unpaired) electrons. The molecule has 0 aromatic heterocycles. The summed E-state index contributed by atoms with van der Waals surface area (Å²) in [7, 11) is 0. The van der Waals surface area contributed by atoms with E-state index in [4.69, 9.17) is 9.47 Å². The number of hydrogen-bond acceptors (Lipinski definition) is 4. The first-order valence-corrected chi connectivity index (χ1v) is 10.7. The van der Waals surface area contributed by atoms with Crippen LogP contribution in [0.25, 0.3) is 0 Å². The number of esters is 2. The van der Waals surface area contributed by atoms with Gasteiger partial charge in [0.1, 0.15) is 0 Å². The van der Waals surface area contributed by atoms with Crippen molar-refractivity contribution in [1.29, 1.82) is 0 Å². The van der Waals surface area contributed by atoms with E-state index < -0.39 is 0 Å². The van der Waals surface area contributed by atoms with Crippen molar-refractivity contribution < 1.29 is 50.0 Å². The van der Waals surface area contributed by atoms with Gasteiger partial charge in [-0.15, -0.1) is 0 Å². The summed E-state index contributed by atoms with van der Waals surface area (Å²) in [6, 6.07) is 0. The van der Waals surface area contributed by atoms with Gasteiger partial charge < -0.3 is 10.9 Å². The predicted molar refractivity (Wildman–Crippen MR) is 108 cm³/mol. The van der Waals surface area contributed by atoms with Crippen molar-refractivity contribution in [2.75, 3.05) is 6.61 Å². The minimum Gasteiger partial charge on any atom is -1.00 e. The van der Waals surface area contributed by atoms with Crippen molar-refractivity contribution in [1.82, 2.24) is 0 Å². The van der Waals surface area contributed by atoms with Gasteiger partial charge in [0, 0.05) is 0 Å². The molecule has 154 valence electrons. The summed E-state index contributed by atoms with van der Waals surface area (Å²) in [6.45, 7) is 4.83. The van der Waals surface area contributed by atoms with Crippen molar-refractivity contribution in [2.45, 2.75) is 110 Å². The average molecular weight is 393 g/mol. The fourth-order valence-electron chi connectivity index (χ4n) is 2.64. The number of ether oxygens (including phenoxy) is 2. The normalized spacial score (nSPS) is 10.6. The maximum Gasteiger partial charge on any atom is 1.00 e. The molecule has 0 unspecified atom stereocenters. The first kappa shape index (κ1) is 28.9. The Balaban J connectivity index is -0.00000312. The van der Waals surface area contributed by atoms with Gasteiger partial charge in [-0.25, -0.2) is 0 Å². The van der Waals surface area contributed by atoms with Gasteiger partial charge in [0.2, 0.25) is 0 Å². The summed E-state index contributed by atoms with van der Waals surface area (Å²) in [6.07, 6.45) is 19.1. The third-order valence-corrected chi connectivity index (χ3v) is 4.31. The molecular weight excluding hydrogens is 351 g/mol. The smallest absolute Gasteiger partial charge is 1.00 e. The van der Waals surface area contributed by atoms with Crippen LogP contribution >= 0.6 is 0 Å². The predicted octanol–water partition coefficient (Wildman–Crippen LogP) is 3.59. The first-order valence-electron chi connectivity index (χ1n) is 10.7. The maximum absolute atomic E-state index is 11.5. The van der Waals surface area contributed by atoms with Crippen LogP contribution in [0.3, 0.4) is 0 Å². The minimum atomic E-state index is -0.375. The summed E-state index contributed by atoms with van der Waals surface area (Å²) in [5, 5.41) is 0. The molecule has 0 bridgehead atoms. The summed E-state index contributed by atoms with van der Waals surface area (Å²) >= 11 is 0. The molecule has 0 saturated carbocycles. The Morgan fingerprint density at radius 1 is 0.741 bits per heavy atom. The van der Waals surface area contributed by atoms with Crippen LogP contribution in [-0.2, 0) is 19.1 Å². The Labute approximate surface area is 190 Å². The maximum atomic E-state index is 11.5. The number of unbranched alkanes of at least 4 members (excludes halogenated alkanes) is 11. The number of allylic oxidation sites excluding steroid dienone is 1. The molecule has 0 aliphatic rings. The Hall–Kier alpha value is -0.320. The fraction of sp³-hybridized carbons (Fsp3) is 0.818. The Morgan fingerprint density at radius 2 is 1.26 bits per heavy atom. The quantitative estimate of drug-likeness (QED) is 0.155. The van der Waals surface area contributed by atoms with Gasteiger partial charge in [-0.05, 0) is 25.3 Å². The molecular formula is C22H41NaO4. The zero-order valence-electron chi connectivity index (χ0n) is 19.1. The van der Waals surface area contributed by atoms with E-state index >= 15 is 0 Å².